The third-order valence-electron chi connectivity index (χ3n) is 4.22. The number of hydrogen-bond donors (Lipinski definition) is 2. The fourth-order valence-corrected chi connectivity index (χ4v) is 2.88. The summed E-state index contributed by atoms with van der Waals surface area (Å²) in [6.45, 7) is 1.98. The number of aliphatic hydroxyl groups is 1. The van der Waals surface area contributed by atoms with Gasteiger partial charge in [-0.1, -0.05) is 0 Å². The number of nitrogens with zero attached hydrogens (tertiary/aromatic N) is 2. The van der Waals surface area contributed by atoms with E-state index in [2.05, 4.69) is 10.2 Å². The van der Waals surface area contributed by atoms with Gasteiger partial charge in [0.2, 0.25) is 0 Å². The number of amides is 1. The van der Waals surface area contributed by atoms with Crippen molar-refractivity contribution in [3.8, 4) is 0 Å². The van der Waals surface area contributed by atoms with Gasteiger partial charge in [0, 0.05) is 18.8 Å². The average Bonchev–Trinajstić information content (AvgIpc) is 2.88. The second-order valence-corrected chi connectivity index (χ2v) is 5.73. The van der Waals surface area contributed by atoms with Crippen LogP contribution >= 0.6 is 0 Å². The zero-order valence-electron chi connectivity index (χ0n) is 12.8. The molecular formula is C15H23F2N3O2. The molecule has 1 aromatic rings. The van der Waals surface area contributed by atoms with Crippen molar-refractivity contribution in [2.45, 2.75) is 26.3 Å². The van der Waals surface area contributed by atoms with Crippen LogP contribution in [0.2, 0.25) is 0 Å². The van der Waals surface area contributed by atoms with Gasteiger partial charge in [0.25, 0.3) is 5.91 Å². The van der Waals surface area contributed by atoms with E-state index in [9.17, 15) is 13.6 Å². The monoisotopic (exact) mass is 315 g/mol. The highest BCUT2D eigenvalue weighted by atomic mass is 19.3. The molecule has 1 aromatic heterocycles. The lowest BCUT2D eigenvalue weighted by atomic mass is 9.97. The van der Waals surface area contributed by atoms with E-state index in [1.54, 1.807) is 6.92 Å². The number of nitrogens with one attached hydrogen (secondary N) is 1. The molecule has 1 aliphatic rings. The van der Waals surface area contributed by atoms with Gasteiger partial charge in [-0.2, -0.15) is 8.78 Å². The van der Waals surface area contributed by atoms with Crippen LogP contribution in [0.25, 0.3) is 0 Å². The largest absolute Gasteiger partial charge is 0.395 e. The molecule has 1 aliphatic heterocycles. The number of aromatic nitrogens is 1. The summed E-state index contributed by atoms with van der Waals surface area (Å²) in [5.74, 6) is -0.0962. The number of β-amino-alcohol motifs (C(OH)–C–C–N with tert-alkyl or cyclic N) is 1. The van der Waals surface area contributed by atoms with Crippen LogP contribution in [0.5, 0.6) is 0 Å². The van der Waals surface area contributed by atoms with Gasteiger partial charge in [0.1, 0.15) is 5.69 Å². The smallest absolute Gasteiger partial charge is 0.319 e. The summed E-state index contributed by atoms with van der Waals surface area (Å²) in [7, 11) is 0. The van der Waals surface area contributed by atoms with Crippen LogP contribution in [0.1, 0.15) is 35.6 Å². The highest BCUT2D eigenvalue weighted by Crippen LogP contribution is 2.19. The number of carbonyl (C=O) groups excluding carboxylic acids is 1. The zero-order chi connectivity index (χ0) is 16.1. The van der Waals surface area contributed by atoms with Crippen LogP contribution < -0.4 is 5.32 Å². The molecule has 0 atom stereocenters. The van der Waals surface area contributed by atoms with E-state index >= 15 is 0 Å². The normalized spacial score (nSPS) is 17.1. The first-order valence-electron chi connectivity index (χ1n) is 7.60. The summed E-state index contributed by atoms with van der Waals surface area (Å²) < 4.78 is 26.6. The van der Waals surface area contributed by atoms with Crippen molar-refractivity contribution in [3.63, 3.8) is 0 Å². The van der Waals surface area contributed by atoms with Gasteiger partial charge in [0.15, 0.2) is 0 Å². The highest BCUT2D eigenvalue weighted by molar-refractivity contribution is 5.92. The number of likely N-dealkylation sites (tertiary alicyclic amines) is 1. The van der Waals surface area contributed by atoms with Gasteiger partial charge in [-0.25, -0.2) is 0 Å². The standard InChI is InChI=1S/C15H23F2N3O2/c1-11-2-3-13(20(11)15(16)17)14(22)18-10-12-4-6-19(7-5-12)8-9-21/h2-3,12,15,21H,4-10H2,1H3,(H,18,22). The van der Waals surface area contributed by atoms with E-state index in [0.29, 0.717) is 24.7 Å². The SMILES string of the molecule is Cc1ccc(C(=O)NCC2CCN(CCO)CC2)n1C(F)F. The van der Waals surface area contributed by atoms with Crippen molar-refractivity contribution in [1.29, 1.82) is 0 Å². The van der Waals surface area contributed by atoms with Crippen molar-refractivity contribution >= 4 is 5.91 Å². The lowest BCUT2D eigenvalue weighted by molar-refractivity contribution is 0.0614. The molecule has 124 valence electrons. The Morgan fingerprint density at radius 2 is 2.09 bits per heavy atom. The molecule has 1 amide bonds. The number of halogens is 2. The van der Waals surface area contributed by atoms with Gasteiger partial charge >= 0.3 is 6.55 Å². The van der Waals surface area contributed by atoms with Gasteiger partial charge in [-0.05, 0) is 50.9 Å². The molecule has 0 bridgehead atoms. The molecule has 0 spiro atoms. The Hall–Kier alpha value is -1.47. The van der Waals surface area contributed by atoms with Crippen LogP contribution in [0.3, 0.4) is 0 Å². The summed E-state index contributed by atoms with van der Waals surface area (Å²) in [5, 5.41) is 11.7. The summed E-state index contributed by atoms with van der Waals surface area (Å²) >= 11 is 0. The lowest BCUT2D eigenvalue weighted by Gasteiger charge is -2.31. The number of aryl methyl sites for hydroxylation is 1. The highest BCUT2D eigenvalue weighted by Gasteiger charge is 2.22. The minimum atomic E-state index is -2.71. The molecule has 0 saturated carbocycles. The Morgan fingerprint density at radius 3 is 2.68 bits per heavy atom. The molecule has 7 heteroatoms. The minimum Gasteiger partial charge on any atom is -0.395 e. The molecule has 0 unspecified atom stereocenters. The minimum absolute atomic E-state index is 0.00483. The van der Waals surface area contributed by atoms with E-state index in [0.717, 1.165) is 30.5 Å². The summed E-state index contributed by atoms with van der Waals surface area (Å²) in [4.78, 5) is 14.3. The quantitative estimate of drug-likeness (QED) is 0.839. The van der Waals surface area contributed by atoms with Crippen molar-refractivity contribution in [1.82, 2.24) is 14.8 Å². The van der Waals surface area contributed by atoms with Gasteiger partial charge in [-0.3, -0.25) is 9.36 Å². The predicted molar refractivity (Wildman–Crippen MR) is 79.0 cm³/mol. The topological polar surface area (TPSA) is 57.5 Å². The summed E-state index contributed by atoms with van der Waals surface area (Å²) in [6.07, 6.45) is 1.88. The second-order valence-electron chi connectivity index (χ2n) is 5.73. The van der Waals surface area contributed by atoms with Gasteiger partial charge < -0.3 is 15.3 Å². The predicted octanol–water partition coefficient (Wildman–Crippen LogP) is 1.63. The fourth-order valence-electron chi connectivity index (χ4n) is 2.88. The summed E-state index contributed by atoms with van der Waals surface area (Å²) in [6, 6.07) is 2.95. The number of alkyl halides is 2. The maximum atomic E-state index is 12.9. The number of piperidine rings is 1. The van der Waals surface area contributed by atoms with Crippen LogP contribution in [0.15, 0.2) is 12.1 Å². The van der Waals surface area contributed by atoms with E-state index in [1.165, 1.54) is 12.1 Å². The molecule has 2 rings (SSSR count). The van der Waals surface area contributed by atoms with Crippen LogP contribution in [-0.4, -0.2) is 53.3 Å². The molecule has 22 heavy (non-hydrogen) atoms. The van der Waals surface area contributed by atoms with E-state index in [1.807, 2.05) is 0 Å². The van der Waals surface area contributed by atoms with Crippen LogP contribution in [0, 0.1) is 12.8 Å². The first kappa shape index (κ1) is 16.9. The Kier molecular flexibility index (Phi) is 5.90. The first-order chi connectivity index (χ1) is 10.5. The van der Waals surface area contributed by atoms with Crippen molar-refractivity contribution in [2.75, 3.05) is 32.8 Å². The maximum absolute atomic E-state index is 12.9. The molecule has 2 heterocycles. The number of rotatable bonds is 6. The number of hydrogen-bond acceptors (Lipinski definition) is 3. The second kappa shape index (κ2) is 7.69. The third kappa shape index (κ3) is 4.04. The van der Waals surface area contributed by atoms with Gasteiger partial charge in [0.05, 0.1) is 6.61 Å². The van der Waals surface area contributed by atoms with Crippen molar-refractivity contribution in [2.24, 2.45) is 5.92 Å². The van der Waals surface area contributed by atoms with Crippen molar-refractivity contribution in [3.05, 3.63) is 23.5 Å². The van der Waals surface area contributed by atoms with Crippen LogP contribution in [-0.2, 0) is 0 Å². The molecule has 5 nitrogen and oxygen atoms in total. The maximum Gasteiger partial charge on any atom is 0.319 e. The Morgan fingerprint density at radius 1 is 1.41 bits per heavy atom. The van der Waals surface area contributed by atoms with E-state index in [4.69, 9.17) is 5.11 Å². The third-order valence-corrected chi connectivity index (χ3v) is 4.22. The molecule has 0 aliphatic carbocycles. The zero-order valence-corrected chi connectivity index (χ0v) is 12.8. The number of aliphatic hydroxyl groups excluding tert-OH is 1. The van der Waals surface area contributed by atoms with Crippen LogP contribution in [0.4, 0.5) is 8.78 Å². The van der Waals surface area contributed by atoms with Crippen molar-refractivity contribution < 1.29 is 18.7 Å². The summed E-state index contributed by atoms with van der Waals surface area (Å²) in [5.41, 5.74) is 0.377. The van der Waals surface area contributed by atoms with E-state index < -0.39 is 12.5 Å². The number of carbonyl (C=O) groups is 1. The molecular weight excluding hydrogens is 292 g/mol. The Labute approximate surface area is 128 Å². The molecule has 2 N–H and O–H groups in total. The molecule has 0 aromatic carbocycles. The Bertz CT molecular complexity index is 497. The molecule has 0 radical (unpaired) electrons. The van der Waals surface area contributed by atoms with E-state index in [-0.39, 0.29) is 12.3 Å². The molecule has 1 saturated heterocycles. The average molecular weight is 315 g/mol. The fraction of sp³-hybridized carbons (Fsp3) is 0.667. The Balaban J connectivity index is 1.84. The lowest BCUT2D eigenvalue weighted by Crippen LogP contribution is -2.40. The first-order valence-corrected chi connectivity index (χ1v) is 7.60. The molecule has 1 fully saturated rings. The van der Waals surface area contributed by atoms with Gasteiger partial charge in [-0.15, -0.1) is 0 Å².